The summed E-state index contributed by atoms with van der Waals surface area (Å²) in [5.74, 6) is 2.32. The summed E-state index contributed by atoms with van der Waals surface area (Å²) in [5.41, 5.74) is 5.03. The molecule has 0 radical (unpaired) electrons. The Morgan fingerprint density at radius 1 is 0.512 bits per heavy atom. The van der Waals surface area contributed by atoms with Crippen LogP contribution in [0.3, 0.4) is 0 Å². The maximum absolute atomic E-state index is 6.47. The Bertz CT molecular complexity index is 1660. The minimum absolute atomic E-state index is 0.203. The van der Waals surface area contributed by atoms with Gasteiger partial charge in [0.25, 0.3) is 0 Å². The molecule has 0 spiro atoms. The van der Waals surface area contributed by atoms with E-state index < -0.39 is 0 Å². The molecule has 9 heteroatoms. The van der Waals surface area contributed by atoms with E-state index in [-0.39, 0.29) is 13.2 Å². The third kappa shape index (κ3) is 7.45. The molecule has 0 aliphatic carbocycles. The number of aromatic nitrogens is 2. The first-order chi connectivity index (χ1) is 21.1. The standard InChI is InChI=1S/C34H26Cl2N2O5/c35-29-15-25(11-13-33(29)40-19-23-7-3-1-4-8-23)31-17-27(42-37-31)21-39-22-28-18-32(38-43-28)26-12-14-34(30(36)16-26)41-20-24-9-5-2-6-10-24/h1-18H,19-22H2. The smallest absolute Gasteiger partial charge is 0.163 e. The monoisotopic (exact) mass is 612 g/mol. The Morgan fingerprint density at radius 3 is 1.37 bits per heavy atom. The van der Waals surface area contributed by atoms with E-state index in [9.17, 15) is 0 Å². The van der Waals surface area contributed by atoms with E-state index in [4.69, 9.17) is 46.5 Å². The van der Waals surface area contributed by atoms with Crippen molar-refractivity contribution in [2.24, 2.45) is 0 Å². The lowest BCUT2D eigenvalue weighted by Crippen LogP contribution is -1.95. The van der Waals surface area contributed by atoms with Crippen molar-refractivity contribution < 1.29 is 23.3 Å². The van der Waals surface area contributed by atoms with Crippen molar-refractivity contribution in [3.63, 3.8) is 0 Å². The van der Waals surface area contributed by atoms with Crippen molar-refractivity contribution in [2.75, 3.05) is 0 Å². The van der Waals surface area contributed by atoms with Crippen LogP contribution in [-0.4, -0.2) is 10.3 Å². The van der Waals surface area contributed by atoms with Crippen LogP contribution in [0.2, 0.25) is 10.0 Å². The van der Waals surface area contributed by atoms with Crippen LogP contribution in [0, 0.1) is 0 Å². The molecule has 43 heavy (non-hydrogen) atoms. The van der Waals surface area contributed by atoms with Gasteiger partial charge in [-0.25, -0.2) is 0 Å². The molecule has 0 unspecified atom stereocenters. The fourth-order valence-corrected chi connectivity index (χ4v) is 4.78. The second-order valence-electron chi connectivity index (χ2n) is 9.69. The molecule has 0 saturated carbocycles. The molecule has 0 saturated heterocycles. The first-order valence-corrected chi connectivity index (χ1v) is 14.3. The van der Waals surface area contributed by atoms with Crippen molar-refractivity contribution in [1.29, 1.82) is 0 Å². The van der Waals surface area contributed by atoms with Gasteiger partial charge >= 0.3 is 0 Å². The number of benzene rings is 4. The van der Waals surface area contributed by atoms with Gasteiger partial charge in [-0.15, -0.1) is 0 Å². The van der Waals surface area contributed by atoms with Crippen LogP contribution in [0.1, 0.15) is 22.6 Å². The topological polar surface area (TPSA) is 79.8 Å². The van der Waals surface area contributed by atoms with Crippen LogP contribution >= 0.6 is 23.2 Å². The summed E-state index contributed by atoms with van der Waals surface area (Å²) in [4.78, 5) is 0. The van der Waals surface area contributed by atoms with Gasteiger partial charge in [-0.05, 0) is 47.5 Å². The normalized spacial score (nSPS) is 11.0. The number of hydrogen-bond donors (Lipinski definition) is 0. The summed E-state index contributed by atoms with van der Waals surface area (Å²) in [6.45, 7) is 1.27. The van der Waals surface area contributed by atoms with Gasteiger partial charge in [0.05, 0.1) is 10.0 Å². The quantitative estimate of drug-likeness (QED) is 0.136. The minimum atomic E-state index is 0.203. The zero-order chi connectivity index (χ0) is 29.4. The van der Waals surface area contributed by atoms with E-state index in [2.05, 4.69) is 10.3 Å². The van der Waals surface area contributed by atoms with E-state index in [0.29, 0.717) is 57.7 Å². The Hall–Kier alpha value is -4.56. The minimum Gasteiger partial charge on any atom is -0.487 e. The molecule has 0 aliphatic heterocycles. The Kier molecular flexibility index (Phi) is 9.04. The zero-order valence-corrected chi connectivity index (χ0v) is 24.4. The average Bonchev–Trinajstić information content (AvgIpc) is 3.71. The van der Waals surface area contributed by atoms with Crippen molar-refractivity contribution >= 4 is 23.2 Å². The summed E-state index contributed by atoms with van der Waals surface area (Å²) in [5, 5.41) is 9.29. The molecule has 216 valence electrons. The lowest BCUT2D eigenvalue weighted by molar-refractivity contribution is 0.0727. The van der Waals surface area contributed by atoms with Crippen LogP contribution in [0.5, 0.6) is 11.5 Å². The second-order valence-corrected chi connectivity index (χ2v) is 10.5. The third-order valence-corrected chi connectivity index (χ3v) is 7.13. The maximum atomic E-state index is 6.47. The molecule has 2 heterocycles. The summed E-state index contributed by atoms with van der Waals surface area (Å²) in [7, 11) is 0. The summed E-state index contributed by atoms with van der Waals surface area (Å²) in [6, 6.07) is 34.5. The van der Waals surface area contributed by atoms with Crippen LogP contribution < -0.4 is 9.47 Å². The number of ether oxygens (including phenoxy) is 3. The van der Waals surface area contributed by atoms with Crippen molar-refractivity contribution in [3.8, 4) is 34.0 Å². The van der Waals surface area contributed by atoms with Gasteiger partial charge in [-0.1, -0.05) is 94.2 Å². The molecular formula is C34H26Cl2N2O5. The molecule has 0 N–H and O–H groups in total. The zero-order valence-electron chi connectivity index (χ0n) is 22.9. The largest absolute Gasteiger partial charge is 0.487 e. The molecular weight excluding hydrogens is 587 g/mol. The third-order valence-electron chi connectivity index (χ3n) is 6.54. The van der Waals surface area contributed by atoms with Crippen LogP contribution in [0.25, 0.3) is 22.5 Å². The predicted molar refractivity (Wildman–Crippen MR) is 164 cm³/mol. The van der Waals surface area contributed by atoms with Crippen LogP contribution in [0.15, 0.2) is 118 Å². The highest BCUT2D eigenvalue weighted by atomic mass is 35.5. The van der Waals surface area contributed by atoms with Gasteiger partial charge < -0.3 is 23.3 Å². The van der Waals surface area contributed by atoms with Gasteiger partial charge in [0.1, 0.15) is 49.3 Å². The molecule has 0 aliphatic rings. The molecule has 7 nitrogen and oxygen atoms in total. The Labute approximate surface area is 258 Å². The molecule has 6 rings (SSSR count). The lowest BCUT2D eigenvalue weighted by Gasteiger charge is -2.09. The van der Waals surface area contributed by atoms with E-state index in [1.165, 1.54) is 0 Å². The van der Waals surface area contributed by atoms with Crippen molar-refractivity contribution in [3.05, 3.63) is 142 Å². The first kappa shape index (κ1) is 28.6. The van der Waals surface area contributed by atoms with Crippen LogP contribution in [-0.2, 0) is 31.2 Å². The Balaban J connectivity index is 0.999. The highest BCUT2D eigenvalue weighted by molar-refractivity contribution is 6.32. The highest BCUT2D eigenvalue weighted by Crippen LogP contribution is 2.32. The summed E-state index contributed by atoms with van der Waals surface area (Å²) < 4.78 is 28.4. The molecule has 4 aromatic carbocycles. The van der Waals surface area contributed by atoms with Gasteiger partial charge in [-0.3, -0.25) is 0 Å². The summed E-state index contributed by atoms with van der Waals surface area (Å²) >= 11 is 12.9. The number of rotatable bonds is 12. The highest BCUT2D eigenvalue weighted by Gasteiger charge is 2.13. The molecule has 6 aromatic rings. The molecule has 0 bridgehead atoms. The number of halogens is 2. The summed E-state index contributed by atoms with van der Waals surface area (Å²) in [6.07, 6.45) is 0. The molecule has 0 atom stereocenters. The fourth-order valence-electron chi connectivity index (χ4n) is 4.31. The molecule has 0 fully saturated rings. The second kappa shape index (κ2) is 13.6. The SMILES string of the molecule is Clc1cc(-c2cc(COCc3cc(-c4ccc(OCc5ccccc5)c(Cl)c4)no3)on2)ccc1OCc1ccccc1. The Morgan fingerprint density at radius 2 is 0.953 bits per heavy atom. The van der Waals surface area contributed by atoms with Gasteiger partial charge in [0, 0.05) is 23.3 Å². The predicted octanol–water partition coefficient (Wildman–Crippen LogP) is 9.18. The van der Waals surface area contributed by atoms with Crippen LogP contribution in [0.4, 0.5) is 0 Å². The van der Waals surface area contributed by atoms with E-state index in [1.807, 2.05) is 97.1 Å². The van der Waals surface area contributed by atoms with Gasteiger partial charge in [-0.2, -0.15) is 0 Å². The lowest BCUT2D eigenvalue weighted by atomic mass is 10.1. The van der Waals surface area contributed by atoms with Crippen molar-refractivity contribution in [1.82, 2.24) is 10.3 Å². The van der Waals surface area contributed by atoms with Crippen molar-refractivity contribution in [2.45, 2.75) is 26.4 Å². The van der Waals surface area contributed by atoms with Gasteiger partial charge in [0.2, 0.25) is 0 Å². The van der Waals surface area contributed by atoms with E-state index >= 15 is 0 Å². The number of hydrogen-bond acceptors (Lipinski definition) is 7. The fraction of sp³-hybridized carbons (Fsp3) is 0.118. The molecule has 0 amide bonds. The molecule has 2 aromatic heterocycles. The number of nitrogens with zero attached hydrogens (tertiary/aromatic N) is 2. The van der Waals surface area contributed by atoms with Gasteiger partial charge in [0.15, 0.2) is 11.5 Å². The van der Waals surface area contributed by atoms with E-state index in [0.717, 1.165) is 22.3 Å². The first-order valence-electron chi connectivity index (χ1n) is 13.5. The average molecular weight is 613 g/mol. The maximum Gasteiger partial charge on any atom is 0.163 e. The van der Waals surface area contributed by atoms with E-state index in [1.54, 1.807) is 12.1 Å².